The number of halogens is 5. The summed E-state index contributed by atoms with van der Waals surface area (Å²) in [6, 6.07) is -0.00517. The van der Waals surface area contributed by atoms with Gasteiger partial charge in [0.2, 0.25) is 11.8 Å². The molecule has 4 heterocycles. The van der Waals surface area contributed by atoms with Crippen LogP contribution in [0.2, 0.25) is 0 Å². The first-order valence-electron chi connectivity index (χ1n) is 12.3. The minimum atomic E-state index is -5.72. The molecule has 2 aliphatic carbocycles. The van der Waals surface area contributed by atoms with Crippen molar-refractivity contribution in [3.05, 3.63) is 17.6 Å². The van der Waals surface area contributed by atoms with Crippen LogP contribution in [0.5, 0.6) is 0 Å². The predicted molar refractivity (Wildman–Crippen MR) is 125 cm³/mol. The highest BCUT2D eigenvalue weighted by Gasteiger charge is 2.64. The molecular formula is C23H22F5N9O2. The summed E-state index contributed by atoms with van der Waals surface area (Å²) in [5.41, 5.74) is 5.05. The molecule has 4 N–H and O–H groups in total. The topological polar surface area (TPSA) is 154 Å². The maximum Gasteiger partial charge on any atom is 0.453 e. The lowest BCUT2D eigenvalue weighted by Gasteiger charge is -2.26. The third kappa shape index (κ3) is 3.95. The standard InChI is InChI=1S/C23H22F5N9O2/c1-37-18-11(8-30-37)14(32-12(33-18)6-7-21(24,25)23(26,27)28)17-34-15(29)13-16(35-17)36-20(39)22(13,9-2-3-9)19(38)31-10-4-5-10/h8-10H,2-7H2,1H3,(H,31,38)(H3,29,34,35,36,39). The first-order valence-corrected chi connectivity index (χ1v) is 12.3. The van der Waals surface area contributed by atoms with Gasteiger partial charge in [-0.1, -0.05) is 0 Å². The zero-order chi connectivity index (χ0) is 27.9. The van der Waals surface area contributed by atoms with Gasteiger partial charge in [0.05, 0.1) is 17.1 Å². The Morgan fingerprint density at radius 2 is 1.87 bits per heavy atom. The summed E-state index contributed by atoms with van der Waals surface area (Å²) < 4.78 is 66.6. The number of hydrogen-bond donors (Lipinski definition) is 3. The Morgan fingerprint density at radius 3 is 2.51 bits per heavy atom. The number of aromatic nitrogens is 6. The zero-order valence-corrected chi connectivity index (χ0v) is 20.4. The van der Waals surface area contributed by atoms with Gasteiger partial charge in [-0.3, -0.25) is 14.3 Å². The Hall–Kier alpha value is -3.98. The molecule has 3 aromatic rings. The molecule has 11 nitrogen and oxygen atoms in total. The van der Waals surface area contributed by atoms with Crippen molar-refractivity contribution in [3.8, 4) is 11.5 Å². The number of alkyl halides is 5. The summed E-state index contributed by atoms with van der Waals surface area (Å²) in [5, 5.41) is 9.89. The maximum absolute atomic E-state index is 13.6. The number of nitrogens with zero attached hydrogens (tertiary/aromatic N) is 6. The SMILES string of the molecule is Cn1ncc2c(-c3nc(N)c4c(n3)NC(=O)C4(C(=O)NC3CC3)C3CC3)nc(CCC(F)(F)C(F)(F)F)nc21. The number of rotatable bonds is 7. The molecule has 16 heteroatoms. The number of nitrogen functional groups attached to an aromatic ring is 1. The molecular weight excluding hydrogens is 529 g/mol. The lowest BCUT2D eigenvalue weighted by molar-refractivity contribution is -0.284. The van der Waals surface area contributed by atoms with Gasteiger partial charge in [0.1, 0.15) is 23.2 Å². The van der Waals surface area contributed by atoms with Gasteiger partial charge < -0.3 is 16.4 Å². The molecule has 206 valence electrons. The van der Waals surface area contributed by atoms with Crippen LogP contribution >= 0.6 is 0 Å². The number of aryl methyl sites for hydroxylation is 2. The highest BCUT2D eigenvalue weighted by Crippen LogP contribution is 2.54. The molecule has 0 aromatic carbocycles. The Bertz CT molecular complexity index is 1530. The molecule has 0 spiro atoms. The van der Waals surface area contributed by atoms with E-state index in [2.05, 4.69) is 35.7 Å². The number of anilines is 2. The lowest BCUT2D eigenvalue weighted by atomic mass is 9.76. The zero-order valence-electron chi connectivity index (χ0n) is 20.4. The van der Waals surface area contributed by atoms with Gasteiger partial charge in [-0.15, -0.1) is 0 Å². The highest BCUT2D eigenvalue weighted by molar-refractivity contribution is 6.22. The molecule has 1 aliphatic heterocycles. The van der Waals surface area contributed by atoms with E-state index in [1.54, 1.807) is 0 Å². The van der Waals surface area contributed by atoms with Gasteiger partial charge >= 0.3 is 12.1 Å². The molecule has 1 atom stereocenters. The first kappa shape index (κ1) is 25.3. The van der Waals surface area contributed by atoms with Gasteiger partial charge in [0.25, 0.3) is 0 Å². The normalized spacial score (nSPS) is 21.2. The van der Waals surface area contributed by atoms with Crippen LogP contribution in [0.1, 0.15) is 43.5 Å². The number of nitrogens with one attached hydrogen (secondary N) is 2. The summed E-state index contributed by atoms with van der Waals surface area (Å²) in [6.07, 6.45) is -3.81. The summed E-state index contributed by atoms with van der Waals surface area (Å²) in [6.45, 7) is 0. The third-order valence-corrected chi connectivity index (χ3v) is 7.31. The quantitative estimate of drug-likeness (QED) is 0.299. The smallest absolute Gasteiger partial charge is 0.383 e. The second kappa shape index (κ2) is 8.26. The van der Waals surface area contributed by atoms with Crippen molar-refractivity contribution in [2.45, 2.75) is 62.1 Å². The van der Waals surface area contributed by atoms with Crippen LogP contribution < -0.4 is 16.4 Å². The molecule has 3 aliphatic rings. The van der Waals surface area contributed by atoms with E-state index in [4.69, 9.17) is 5.73 Å². The van der Waals surface area contributed by atoms with E-state index >= 15 is 0 Å². The summed E-state index contributed by atoms with van der Waals surface area (Å²) in [5.74, 6) is -6.83. The van der Waals surface area contributed by atoms with Gasteiger partial charge in [0, 0.05) is 25.9 Å². The van der Waals surface area contributed by atoms with E-state index in [1.165, 1.54) is 17.9 Å². The molecule has 0 radical (unpaired) electrons. The van der Waals surface area contributed by atoms with Gasteiger partial charge in [-0.2, -0.15) is 27.1 Å². The molecule has 2 fully saturated rings. The van der Waals surface area contributed by atoms with Crippen LogP contribution in [0.15, 0.2) is 6.20 Å². The van der Waals surface area contributed by atoms with Crippen molar-refractivity contribution in [3.63, 3.8) is 0 Å². The Kier molecular flexibility index (Phi) is 5.36. The van der Waals surface area contributed by atoms with Crippen molar-refractivity contribution in [2.75, 3.05) is 11.1 Å². The van der Waals surface area contributed by atoms with Crippen LogP contribution in [0.3, 0.4) is 0 Å². The van der Waals surface area contributed by atoms with Crippen LogP contribution in [0.4, 0.5) is 33.6 Å². The molecule has 6 rings (SSSR count). The summed E-state index contributed by atoms with van der Waals surface area (Å²) in [4.78, 5) is 43.7. The average molecular weight is 551 g/mol. The van der Waals surface area contributed by atoms with Crippen molar-refractivity contribution in [2.24, 2.45) is 13.0 Å². The summed E-state index contributed by atoms with van der Waals surface area (Å²) >= 11 is 0. The maximum atomic E-state index is 13.6. The molecule has 39 heavy (non-hydrogen) atoms. The van der Waals surface area contributed by atoms with Crippen molar-refractivity contribution in [1.82, 2.24) is 35.0 Å². The van der Waals surface area contributed by atoms with E-state index in [0.29, 0.717) is 12.8 Å². The van der Waals surface area contributed by atoms with Crippen molar-refractivity contribution < 1.29 is 31.5 Å². The van der Waals surface area contributed by atoms with E-state index in [1.807, 2.05) is 0 Å². The molecule has 0 saturated heterocycles. The third-order valence-electron chi connectivity index (χ3n) is 7.31. The fraction of sp³-hybridized carbons (Fsp3) is 0.522. The van der Waals surface area contributed by atoms with Crippen molar-refractivity contribution >= 4 is 34.5 Å². The highest BCUT2D eigenvalue weighted by atomic mass is 19.4. The minimum absolute atomic E-state index is 0.00517. The van der Waals surface area contributed by atoms with Gasteiger partial charge in [0.15, 0.2) is 16.9 Å². The number of fused-ring (bicyclic) bond motifs is 2. The Balaban J connectivity index is 1.43. The second-order valence-electron chi connectivity index (χ2n) is 10.1. The Morgan fingerprint density at radius 1 is 1.15 bits per heavy atom. The van der Waals surface area contributed by atoms with Crippen LogP contribution in [0, 0.1) is 5.92 Å². The molecule has 2 amide bonds. The number of carbonyl (C=O) groups is 2. The molecule has 3 aromatic heterocycles. The second-order valence-corrected chi connectivity index (χ2v) is 10.1. The first-order chi connectivity index (χ1) is 18.3. The van der Waals surface area contributed by atoms with E-state index < -0.39 is 42.2 Å². The van der Waals surface area contributed by atoms with Crippen molar-refractivity contribution in [1.29, 1.82) is 0 Å². The number of carbonyl (C=O) groups excluding carboxylic acids is 2. The fourth-order valence-electron chi connectivity index (χ4n) is 4.98. The monoisotopic (exact) mass is 551 g/mol. The molecule has 1 unspecified atom stereocenters. The largest absolute Gasteiger partial charge is 0.453 e. The minimum Gasteiger partial charge on any atom is -0.383 e. The Labute approximate surface area is 216 Å². The van der Waals surface area contributed by atoms with Gasteiger partial charge in [-0.25, -0.2) is 19.9 Å². The predicted octanol–water partition coefficient (Wildman–Crippen LogP) is 2.41. The van der Waals surface area contributed by atoms with Crippen LogP contribution in [0.25, 0.3) is 22.6 Å². The van der Waals surface area contributed by atoms with E-state index in [0.717, 1.165) is 12.8 Å². The van der Waals surface area contributed by atoms with E-state index in [-0.39, 0.29) is 57.5 Å². The number of nitrogens with two attached hydrogens (primary N) is 1. The van der Waals surface area contributed by atoms with Crippen LogP contribution in [-0.4, -0.2) is 59.7 Å². The van der Waals surface area contributed by atoms with Gasteiger partial charge in [-0.05, 0) is 31.6 Å². The summed E-state index contributed by atoms with van der Waals surface area (Å²) in [7, 11) is 1.51. The molecule has 2 saturated carbocycles. The number of hydrogen-bond acceptors (Lipinski definition) is 8. The average Bonchev–Trinajstić information content (AvgIpc) is 3.79. The van der Waals surface area contributed by atoms with E-state index in [9.17, 15) is 31.5 Å². The van der Waals surface area contributed by atoms with Crippen LogP contribution in [-0.2, 0) is 28.5 Å². The fourth-order valence-corrected chi connectivity index (χ4v) is 4.98. The molecule has 0 bridgehead atoms. The number of amides is 2. The lowest BCUT2D eigenvalue weighted by Crippen LogP contribution is -2.51.